The van der Waals surface area contributed by atoms with E-state index in [1.54, 1.807) is 14.7 Å². The number of ether oxygens (including phenoxy) is 3. The first-order chi connectivity index (χ1) is 26.7. The molecule has 3 aromatic rings. The zero-order chi connectivity index (χ0) is 39.8. The van der Waals surface area contributed by atoms with Crippen molar-refractivity contribution in [2.24, 2.45) is 0 Å². The summed E-state index contributed by atoms with van der Waals surface area (Å²) in [5.41, 5.74) is 2.87. The van der Waals surface area contributed by atoms with Gasteiger partial charge in [0.15, 0.2) is 0 Å². The Kier molecular flexibility index (Phi) is 22.1. The molecular formula is C40H61N3O12. The fourth-order valence-electron chi connectivity index (χ4n) is 6.21. The van der Waals surface area contributed by atoms with Gasteiger partial charge in [0.2, 0.25) is 0 Å². The molecule has 9 N–H and O–H groups in total. The average molecular weight is 776 g/mol. The molecule has 0 aliphatic rings. The van der Waals surface area contributed by atoms with Crippen molar-refractivity contribution in [2.75, 3.05) is 118 Å². The monoisotopic (exact) mass is 775 g/mol. The largest absolute Gasteiger partial charge is 0.491 e. The van der Waals surface area contributed by atoms with Crippen molar-refractivity contribution >= 4 is 0 Å². The summed E-state index contributed by atoms with van der Waals surface area (Å²) >= 11 is 0. The van der Waals surface area contributed by atoms with E-state index in [0.29, 0.717) is 56.5 Å². The van der Waals surface area contributed by atoms with Crippen LogP contribution < -0.4 is 14.2 Å². The lowest BCUT2D eigenvalue weighted by Crippen LogP contribution is -2.38. The van der Waals surface area contributed by atoms with Crippen molar-refractivity contribution < 1.29 is 60.2 Å². The van der Waals surface area contributed by atoms with Gasteiger partial charge in [-0.25, -0.2) is 0 Å². The van der Waals surface area contributed by atoms with Crippen molar-refractivity contribution in [1.82, 2.24) is 14.7 Å². The lowest BCUT2D eigenvalue weighted by atomic mass is 9.85. The van der Waals surface area contributed by atoms with Crippen LogP contribution >= 0.6 is 0 Å². The highest BCUT2D eigenvalue weighted by atomic mass is 16.5. The van der Waals surface area contributed by atoms with E-state index in [1.807, 2.05) is 72.8 Å². The first-order valence-corrected chi connectivity index (χ1v) is 18.8. The Balaban J connectivity index is 1.75. The van der Waals surface area contributed by atoms with Crippen LogP contribution in [0.25, 0.3) is 0 Å². The van der Waals surface area contributed by atoms with Crippen LogP contribution in [-0.4, -0.2) is 197 Å². The first-order valence-electron chi connectivity index (χ1n) is 18.8. The number of hydrogen-bond acceptors (Lipinski definition) is 15. The van der Waals surface area contributed by atoms with Crippen LogP contribution in [-0.2, 0) is 0 Å². The summed E-state index contributed by atoms with van der Waals surface area (Å²) < 4.78 is 17.6. The van der Waals surface area contributed by atoms with E-state index in [2.05, 4.69) is 0 Å². The number of aliphatic hydroxyl groups is 9. The first kappa shape index (κ1) is 46.0. The van der Waals surface area contributed by atoms with Crippen molar-refractivity contribution in [3.8, 4) is 17.2 Å². The molecule has 0 spiro atoms. The molecule has 0 heterocycles. The van der Waals surface area contributed by atoms with Crippen LogP contribution in [0.5, 0.6) is 17.2 Å². The van der Waals surface area contributed by atoms with Gasteiger partial charge in [0, 0.05) is 64.8 Å². The SMILES string of the molecule is OCCN(CCO)CC(O)COc1ccc(C(c2ccc(OCC(O)CN(CCO)CCO)cc2)c2ccc(OCC(O)CN(CCO)CCO)cc2)cc1. The van der Waals surface area contributed by atoms with Crippen molar-refractivity contribution in [3.63, 3.8) is 0 Å². The van der Waals surface area contributed by atoms with Crippen LogP contribution in [0, 0.1) is 0 Å². The van der Waals surface area contributed by atoms with E-state index < -0.39 is 18.3 Å². The van der Waals surface area contributed by atoms with Gasteiger partial charge >= 0.3 is 0 Å². The number of benzene rings is 3. The fourth-order valence-corrected chi connectivity index (χ4v) is 6.21. The Morgan fingerprint density at radius 3 is 0.782 bits per heavy atom. The van der Waals surface area contributed by atoms with Crippen LogP contribution in [0.15, 0.2) is 72.8 Å². The van der Waals surface area contributed by atoms with Gasteiger partial charge in [-0.3, -0.25) is 14.7 Å². The molecule has 308 valence electrons. The zero-order valence-electron chi connectivity index (χ0n) is 31.6. The highest BCUT2D eigenvalue weighted by Crippen LogP contribution is 2.34. The number of aliphatic hydroxyl groups excluding tert-OH is 9. The fraction of sp³-hybridized carbons (Fsp3) is 0.550. The normalized spacial score (nSPS) is 14.0. The minimum absolute atomic E-state index is 0.0320. The molecule has 15 heteroatoms. The molecular weight excluding hydrogens is 714 g/mol. The Morgan fingerprint density at radius 1 is 0.364 bits per heavy atom. The van der Waals surface area contributed by atoms with Gasteiger partial charge < -0.3 is 60.2 Å². The molecule has 0 aromatic heterocycles. The van der Waals surface area contributed by atoms with Gasteiger partial charge in [-0.05, 0) is 53.1 Å². The molecule has 0 amide bonds. The van der Waals surface area contributed by atoms with E-state index in [9.17, 15) is 46.0 Å². The third-order valence-corrected chi connectivity index (χ3v) is 8.87. The number of hydrogen-bond donors (Lipinski definition) is 9. The highest BCUT2D eigenvalue weighted by Gasteiger charge is 2.20. The predicted molar refractivity (Wildman–Crippen MR) is 207 cm³/mol. The third kappa shape index (κ3) is 17.1. The predicted octanol–water partition coefficient (Wildman–Crippen LogP) is -1.05. The van der Waals surface area contributed by atoms with Gasteiger partial charge in [-0.2, -0.15) is 0 Å². The maximum Gasteiger partial charge on any atom is 0.119 e. The van der Waals surface area contributed by atoms with Crippen molar-refractivity contribution in [1.29, 1.82) is 0 Å². The summed E-state index contributed by atoms with van der Waals surface area (Å²) in [4.78, 5) is 5.28. The van der Waals surface area contributed by atoms with Gasteiger partial charge in [-0.1, -0.05) is 36.4 Å². The minimum Gasteiger partial charge on any atom is -0.491 e. The summed E-state index contributed by atoms with van der Waals surface area (Å²) in [5.74, 6) is 1.47. The van der Waals surface area contributed by atoms with Crippen molar-refractivity contribution in [2.45, 2.75) is 24.2 Å². The minimum atomic E-state index is -0.825. The van der Waals surface area contributed by atoms with Gasteiger partial charge in [0.05, 0.1) is 39.6 Å². The maximum absolute atomic E-state index is 10.5. The molecule has 3 unspecified atom stereocenters. The summed E-state index contributed by atoms with van der Waals surface area (Å²) in [7, 11) is 0. The molecule has 0 aliphatic heterocycles. The Labute approximate surface area is 323 Å². The van der Waals surface area contributed by atoms with Crippen LogP contribution in [0.3, 0.4) is 0 Å². The molecule has 0 saturated heterocycles. The molecule has 0 radical (unpaired) electrons. The second-order valence-corrected chi connectivity index (χ2v) is 13.3. The van der Waals surface area contributed by atoms with E-state index in [1.165, 1.54) is 0 Å². The van der Waals surface area contributed by atoms with Gasteiger partial charge in [0.1, 0.15) is 55.4 Å². The Morgan fingerprint density at radius 2 is 0.582 bits per heavy atom. The summed E-state index contributed by atoms with van der Waals surface area (Å²) in [5, 5.41) is 87.0. The second-order valence-electron chi connectivity index (χ2n) is 13.3. The topological polar surface area (TPSA) is 219 Å². The number of nitrogens with zero attached hydrogens (tertiary/aromatic N) is 3. The molecule has 3 atom stereocenters. The zero-order valence-corrected chi connectivity index (χ0v) is 31.6. The average Bonchev–Trinajstić information content (AvgIpc) is 3.17. The van der Waals surface area contributed by atoms with Gasteiger partial charge in [0.25, 0.3) is 0 Å². The molecule has 0 bridgehead atoms. The lowest BCUT2D eigenvalue weighted by Gasteiger charge is -2.24. The second kappa shape index (κ2) is 26.4. The lowest BCUT2D eigenvalue weighted by molar-refractivity contribution is 0.0550. The molecule has 15 nitrogen and oxygen atoms in total. The van der Waals surface area contributed by atoms with Crippen LogP contribution in [0.2, 0.25) is 0 Å². The van der Waals surface area contributed by atoms with Crippen molar-refractivity contribution in [3.05, 3.63) is 89.5 Å². The third-order valence-electron chi connectivity index (χ3n) is 8.87. The van der Waals surface area contributed by atoms with Gasteiger partial charge in [-0.15, -0.1) is 0 Å². The van der Waals surface area contributed by atoms with Crippen LogP contribution in [0.1, 0.15) is 22.6 Å². The smallest absolute Gasteiger partial charge is 0.119 e. The van der Waals surface area contributed by atoms with E-state index in [4.69, 9.17) is 14.2 Å². The molecule has 0 aliphatic carbocycles. The van der Waals surface area contributed by atoms with E-state index >= 15 is 0 Å². The molecule has 3 rings (SSSR count). The maximum atomic E-state index is 10.5. The summed E-state index contributed by atoms with van der Waals surface area (Å²) in [6.45, 7) is 2.37. The number of rotatable bonds is 30. The standard InChI is InChI=1S/C40H61N3O12/c44-19-13-41(14-20-45)25-34(50)28-53-37-7-1-31(2-8-37)40(32-3-9-38(10-4-32)54-29-35(51)26-42(15-21-46)16-22-47)33-5-11-39(12-6-33)55-30-36(52)27-43(17-23-48)18-24-49/h1-12,34-36,40,44-52H,13-30H2. The molecule has 55 heavy (non-hydrogen) atoms. The van der Waals surface area contributed by atoms with E-state index in [-0.39, 0.29) is 85.0 Å². The Bertz CT molecular complexity index is 1220. The van der Waals surface area contributed by atoms with Crippen LogP contribution in [0.4, 0.5) is 0 Å². The highest BCUT2D eigenvalue weighted by molar-refractivity contribution is 5.46. The molecule has 0 fully saturated rings. The summed E-state index contributed by atoms with van der Waals surface area (Å²) in [6, 6.07) is 22.7. The Hall–Kier alpha value is -3.42. The molecule has 3 aromatic carbocycles. The van der Waals surface area contributed by atoms with E-state index in [0.717, 1.165) is 16.7 Å². The molecule has 0 saturated carbocycles. The summed E-state index contributed by atoms with van der Waals surface area (Å²) in [6.07, 6.45) is -2.47. The quantitative estimate of drug-likeness (QED) is 0.0369.